The van der Waals surface area contributed by atoms with Crippen LogP contribution in [0, 0.1) is 0 Å². The van der Waals surface area contributed by atoms with E-state index in [-0.39, 0.29) is 12.3 Å². The van der Waals surface area contributed by atoms with E-state index < -0.39 is 31.0 Å². The van der Waals surface area contributed by atoms with Gasteiger partial charge in [0.05, 0.1) is 6.54 Å². The van der Waals surface area contributed by atoms with Crippen molar-refractivity contribution in [3.8, 4) is 0 Å². The van der Waals surface area contributed by atoms with Gasteiger partial charge in [-0.25, -0.2) is 8.78 Å². The first-order chi connectivity index (χ1) is 7.95. The van der Waals surface area contributed by atoms with Crippen LogP contribution in [0.3, 0.4) is 0 Å². The molecule has 1 N–H and O–H groups in total. The largest absolute Gasteiger partial charge is 0.344 e. The average molecular weight is 248 g/mol. The smallest absolute Gasteiger partial charge is 0.255 e. The highest BCUT2D eigenvalue weighted by Gasteiger charge is 2.34. The normalized spacial score (nSPS) is 26.1. The molecule has 0 bridgehead atoms. The number of amides is 2. The summed E-state index contributed by atoms with van der Waals surface area (Å²) in [6, 6.07) is -1.13. The molecule has 1 fully saturated rings. The van der Waals surface area contributed by atoms with E-state index in [0.29, 0.717) is 12.8 Å². The van der Waals surface area contributed by atoms with Crippen LogP contribution >= 0.6 is 0 Å². The van der Waals surface area contributed by atoms with Crippen molar-refractivity contribution in [1.82, 2.24) is 10.2 Å². The summed E-state index contributed by atoms with van der Waals surface area (Å²) >= 11 is 0. The van der Waals surface area contributed by atoms with Crippen LogP contribution in [-0.4, -0.2) is 41.8 Å². The number of nitrogens with zero attached hydrogens (tertiary/aromatic N) is 1. The summed E-state index contributed by atoms with van der Waals surface area (Å²) in [5.41, 5.74) is 0. The zero-order valence-electron chi connectivity index (χ0n) is 10.1. The van der Waals surface area contributed by atoms with Crippen molar-refractivity contribution in [2.45, 2.75) is 51.6 Å². The van der Waals surface area contributed by atoms with Gasteiger partial charge in [-0.2, -0.15) is 0 Å². The third-order valence-electron chi connectivity index (χ3n) is 2.84. The molecule has 1 rings (SSSR count). The Labute approximate surface area is 99.3 Å². The minimum Gasteiger partial charge on any atom is -0.344 e. The van der Waals surface area contributed by atoms with Crippen LogP contribution < -0.4 is 5.32 Å². The van der Waals surface area contributed by atoms with E-state index in [4.69, 9.17) is 0 Å². The zero-order valence-corrected chi connectivity index (χ0v) is 10.1. The molecule has 0 radical (unpaired) electrons. The van der Waals surface area contributed by atoms with Crippen LogP contribution in [-0.2, 0) is 9.59 Å². The number of nitrogens with one attached hydrogen (secondary N) is 1. The lowest BCUT2D eigenvalue weighted by Gasteiger charge is -2.28. The van der Waals surface area contributed by atoms with Gasteiger partial charge in [-0.3, -0.25) is 9.59 Å². The van der Waals surface area contributed by atoms with Crippen LogP contribution in [0.5, 0.6) is 0 Å². The molecule has 98 valence electrons. The summed E-state index contributed by atoms with van der Waals surface area (Å²) in [6.07, 6.45) is -1.29. The molecule has 2 atom stereocenters. The lowest BCUT2D eigenvalue weighted by Crippen LogP contribution is -2.47. The highest BCUT2D eigenvalue weighted by atomic mass is 19.3. The predicted octanol–water partition coefficient (Wildman–Crippen LogP) is 1.16. The van der Waals surface area contributed by atoms with E-state index in [1.54, 1.807) is 6.92 Å². The molecule has 0 saturated carbocycles. The fourth-order valence-electron chi connectivity index (χ4n) is 2.01. The zero-order chi connectivity index (χ0) is 13.0. The van der Waals surface area contributed by atoms with Gasteiger partial charge in [0.15, 0.2) is 0 Å². The Kier molecular flexibility index (Phi) is 4.84. The topological polar surface area (TPSA) is 49.4 Å². The maximum Gasteiger partial charge on any atom is 0.255 e. The van der Waals surface area contributed by atoms with E-state index in [1.807, 2.05) is 6.92 Å². The van der Waals surface area contributed by atoms with Crippen molar-refractivity contribution in [3.05, 3.63) is 0 Å². The lowest BCUT2D eigenvalue weighted by atomic mass is 10.1. The summed E-state index contributed by atoms with van der Waals surface area (Å²) in [6.45, 7) is 2.90. The predicted molar refractivity (Wildman–Crippen MR) is 58.6 cm³/mol. The van der Waals surface area contributed by atoms with Gasteiger partial charge in [0, 0.05) is 12.5 Å². The summed E-state index contributed by atoms with van der Waals surface area (Å²) in [5, 5.41) is 2.59. The Morgan fingerprint density at radius 2 is 2.12 bits per heavy atom. The Morgan fingerprint density at radius 1 is 1.47 bits per heavy atom. The van der Waals surface area contributed by atoms with E-state index in [2.05, 4.69) is 5.32 Å². The van der Waals surface area contributed by atoms with Crippen LogP contribution in [0.2, 0.25) is 0 Å². The Balaban J connectivity index is 2.84. The molecule has 0 aromatic carbocycles. The summed E-state index contributed by atoms with van der Waals surface area (Å²) < 4.78 is 24.8. The second-order valence-corrected chi connectivity index (χ2v) is 4.34. The number of hydrogen-bond donors (Lipinski definition) is 1. The van der Waals surface area contributed by atoms with Crippen molar-refractivity contribution in [2.24, 2.45) is 0 Å². The lowest BCUT2D eigenvalue weighted by molar-refractivity contribution is -0.137. The molecular weight excluding hydrogens is 230 g/mol. The van der Waals surface area contributed by atoms with Crippen molar-refractivity contribution < 1.29 is 18.4 Å². The summed E-state index contributed by atoms with van der Waals surface area (Å²) in [7, 11) is 0. The number of carbonyl (C=O) groups is 2. The summed E-state index contributed by atoms with van der Waals surface area (Å²) in [5.74, 6) is -0.647. The number of alkyl halides is 2. The van der Waals surface area contributed by atoms with E-state index in [1.165, 1.54) is 0 Å². The molecule has 1 aliphatic rings. The van der Waals surface area contributed by atoms with Crippen LogP contribution in [0.15, 0.2) is 0 Å². The first-order valence-corrected chi connectivity index (χ1v) is 5.83. The standard InChI is InChI=1S/C11H18F2N2O2/c1-3-4-8-11(17)15(6-9(12)13)7(2)5-10(16)14-8/h7-9H,3-6H2,1-2H3,(H,14,16). The molecule has 2 amide bonds. The van der Waals surface area contributed by atoms with E-state index in [9.17, 15) is 18.4 Å². The van der Waals surface area contributed by atoms with Gasteiger partial charge in [-0.1, -0.05) is 13.3 Å². The molecule has 1 aliphatic heterocycles. The maximum absolute atomic E-state index is 12.4. The van der Waals surface area contributed by atoms with Gasteiger partial charge in [0.2, 0.25) is 11.8 Å². The average Bonchev–Trinajstić information content (AvgIpc) is 2.31. The molecular formula is C11H18F2N2O2. The molecule has 0 aromatic heterocycles. The van der Waals surface area contributed by atoms with Crippen molar-refractivity contribution >= 4 is 11.8 Å². The number of carbonyl (C=O) groups excluding carboxylic acids is 2. The van der Waals surface area contributed by atoms with Gasteiger partial charge < -0.3 is 10.2 Å². The van der Waals surface area contributed by atoms with Crippen molar-refractivity contribution in [1.29, 1.82) is 0 Å². The molecule has 1 heterocycles. The second-order valence-electron chi connectivity index (χ2n) is 4.34. The Hall–Kier alpha value is -1.20. The highest BCUT2D eigenvalue weighted by molar-refractivity contribution is 5.90. The SMILES string of the molecule is CCCC1NC(=O)CC(C)N(CC(F)F)C1=O. The number of hydrogen-bond acceptors (Lipinski definition) is 2. The number of rotatable bonds is 4. The maximum atomic E-state index is 12.4. The van der Waals surface area contributed by atoms with Crippen LogP contribution in [0.4, 0.5) is 8.78 Å². The summed E-state index contributed by atoms with van der Waals surface area (Å²) in [4.78, 5) is 24.6. The molecule has 6 heteroatoms. The van der Waals surface area contributed by atoms with E-state index in [0.717, 1.165) is 4.90 Å². The van der Waals surface area contributed by atoms with Gasteiger partial charge >= 0.3 is 0 Å². The fraction of sp³-hybridized carbons (Fsp3) is 0.818. The van der Waals surface area contributed by atoms with E-state index >= 15 is 0 Å². The monoisotopic (exact) mass is 248 g/mol. The first-order valence-electron chi connectivity index (χ1n) is 5.83. The third-order valence-corrected chi connectivity index (χ3v) is 2.84. The first kappa shape index (κ1) is 13.9. The minimum atomic E-state index is -2.57. The van der Waals surface area contributed by atoms with Gasteiger partial charge in [0.25, 0.3) is 6.43 Å². The molecule has 4 nitrogen and oxygen atoms in total. The van der Waals surface area contributed by atoms with Crippen molar-refractivity contribution in [2.75, 3.05) is 6.54 Å². The molecule has 1 saturated heterocycles. The molecule has 2 unspecified atom stereocenters. The highest BCUT2D eigenvalue weighted by Crippen LogP contribution is 2.15. The molecule has 0 spiro atoms. The van der Waals surface area contributed by atoms with Crippen molar-refractivity contribution in [3.63, 3.8) is 0 Å². The quantitative estimate of drug-likeness (QED) is 0.811. The van der Waals surface area contributed by atoms with Gasteiger partial charge in [0.1, 0.15) is 6.04 Å². The Bertz CT molecular complexity index is 297. The Morgan fingerprint density at radius 3 is 2.65 bits per heavy atom. The van der Waals surface area contributed by atoms with Gasteiger partial charge in [-0.15, -0.1) is 0 Å². The molecule has 0 aliphatic carbocycles. The third kappa shape index (κ3) is 3.64. The number of halogens is 2. The minimum absolute atomic E-state index is 0.0820. The molecule has 0 aromatic rings. The fourth-order valence-corrected chi connectivity index (χ4v) is 2.01. The second kappa shape index (κ2) is 5.93. The van der Waals surface area contributed by atoms with Gasteiger partial charge in [-0.05, 0) is 13.3 Å². The van der Waals surface area contributed by atoms with Crippen LogP contribution in [0.1, 0.15) is 33.1 Å². The van der Waals surface area contributed by atoms with Crippen LogP contribution in [0.25, 0.3) is 0 Å². The molecule has 17 heavy (non-hydrogen) atoms.